The molecule has 0 spiro atoms. The van der Waals surface area contributed by atoms with Crippen molar-refractivity contribution < 1.29 is 4.79 Å². The Kier molecular flexibility index (Phi) is 4.47. The third-order valence-corrected chi connectivity index (χ3v) is 4.30. The fourth-order valence-corrected chi connectivity index (χ4v) is 3.08. The zero-order chi connectivity index (χ0) is 16.2. The van der Waals surface area contributed by atoms with E-state index in [4.69, 9.17) is 0 Å². The number of aromatic nitrogens is 4. The van der Waals surface area contributed by atoms with Crippen LogP contribution in [0.2, 0.25) is 0 Å². The van der Waals surface area contributed by atoms with Gasteiger partial charge in [0.25, 0.3) is 5.91 Å². The zero-order valence-corrected chi connectivity index (χ0v) is 13.8. The number of para-hydroxylation sites is 1. The SMILES string of the molecule is CCCc1nnc(NC(=O)c2cnn(-c3ccccc3)c2C)s1. The van der Waals surface area contributed by atoms with E-state index in [9.17, 15) is 4.79 Å². The Hall–Kier alpha value is -2.54. The lowest BCUT2D eigenvalue weighted by Gasteiger charge is -2.05. The smallest absolute Gasteiger partial charge is 0.260 e. The molecule has 2 heterocycles. The van der Waals surface area contributed by atoms with Crippen molar-refractivity contribution in [2.45, 2.75) is 26.7 Å². The van der Waals surface area contributed by atoms with E-state index < -0.39 is 0 Å². The number of hydrogen-bond donors (Lipinski definition) is 1. The maximum absolute atomic E-state index is 12.4. The fourth-order valence-electron chi connectivity index (χ4n) is 2.25. The topological polar surface area (TPSA) is 72.7 Å². The molecule has 0 unspecified atom stereocenters. The number of aryl methyl sites for hydroxylation is 1. The molecule has 7 heteroatoms. The van der Waals surface area contributed by atoms with Crippen LogP contribution in [0.4, 0.5) is 5.13 Å². The van der Waals surface area contributed by atoms with Crippen LogP contribution in [0.1, 0.15) is 34.4 Å². The molecule has 6 nitrogen and oxygen atoms in total. The number of hydrogen-bond acceptors (Lipinski definition) is 5. The number of carbonyl (C=O) groups is 1. The fraction of sp³-hybridized carbons (Fsp3) is 0.250. The van der Waals surface area contributed by atoms with Crippen LogP contribution in [-0.4, -0.2) is 25.9 Å². The average Bonchev–Trinajstić information content (AvgIpc) is 3.15. The Morgan fingerprint density at radius 3 is 2.78 bits per heavy atom. The van der Waals surface area contributed by atoms with E-state index >= 15 is 0 Å². The minimum atomic E-state index is -0.219. The van der Waals surface area contributed by atoms with Gasteiger partial charge in [-0.2, -0.15) is 5.10 Å². The van der Waals surface area contributed by atoms with Gasteiger partial charge in [0.15, 0.2) is 0 Å². The van der Waals surface area contributed by atoms with E-state index in [1.54, 1.807) is 10.9 Å². The van der Waals surface area contributed by atoms with Gasteiger partial charge in [-0.05, 0) is 25.5 Å². The monoisotopic (exact) mass is 327 g/mol. The molecule has 23 heavy (non-hydrogen) atoms. The summed E-state index contributed by atoms with van der Waals surface area (Å²) < 4.78 is 1.75. The Morgan fingerprint density at radius 2 is 2.04 bits per heavy atom. The second-order valence-electron chi connectivity index (χ2n) is 5.10. The van der Waals surface area contributed by atoms with Gasteiger partial charge in [0, 0.05) is 6.42 Å². The second-order valence-corrected chi connectivity index (χ2v) is 6.16. The Balaban J connectivity index is 1.79. The normalized spacial score (nSPS) is 10.7. The molecule has 3 aromatic rings. The molecule has 0 radical (unpaired) electrons. The predicted octanol–water partition coefficient (Wildman–Crippen LogP) is 3.24. The van der Waals surface area contributed by atoms with Crippen molar-refractivity contribution in [3.05, 3.63) is 52.8 Å². The maximum atomic E-state index is 12.4. The minimum absolute atomic E-state index is 0.219. The van der Waals surface area contributed by atoms with Gasteiger partial charge in [0.1, 0.15) is 5.01 Å². The standard InChI is InChI=1S/C16H17N5OS/c1-3-7-14-19-20-16(23-14)18-15(22)13-10-17-21(11(13)2)12-8-5-4-6-9-12/h4-6,8-10H,3,7H2,1-2H3,(H,18,20,22). The van der Waals surface area contributed by atoms with Crippen molar-refractivity contribution in [1.82, 2.24) is 20.0 Å². The highest BCUT2D eigenvalue weighted by Gasteiger charge is 2.16. The van der Waals surface area contributed by atoms with Gasteiger partial charge in [0.2, 0.25) is 5.13 Å². The van der Waals surface area contributed by atoms with Crippen LogP contribution >= 0.6 is 11.3 Å². The molecule has 1 amide bonds. The van der Waals surface area contributed by atoms with E-state index in [0.29, 0.717) is 10.7 Å². The number of nitrogens with one attached hydrogen (secondary N) is 1. The molecule has 2 aromatic heterocycles. The summed E-state index contributed by atoms with van der Waals surface area (Å²) in [6.07, 6.45) is 3.45. The lowest BCUT2D eigenvalue weighted by molar-refractivity contribution is 0.102. The van der Waals surface area contributed by atoms with Crippen molar-refractivity contribution in [1.29, 1.82) is 0 Å². The van der Waals surface area contributed by atoms with Crippen LogP contribution in [0, 0.1) is 6.92 Å². The van der Waals surface area contributed by atoms with Crippen molar-refractivity contribution in [2.24, 2.45) is 0 Å². The average molecular weight is 327 g/mol. The summed E-state index contributed by atoms with van der Waals surface area (Å²) in [5.74, 6) is -0.219. The summed E-state index contributed by atoms with van der Waals surface area (Å²) in [6, 6.07) is 9.71. The maximum Gasteiger partial charge on any atom is 0.260 e. The second kappa shape index (κ2) is 6.70. The summed E-state index contributed by atoms with van der Waals surface area (Å²) >= 11 is 1.41. The lowest BCUT2D eigenvalue weighted by Crippen LogP contribution is -2.13. The minimum Gasteiger partial charge on any atom is -0.296 e. The molecule has 0 bridgehead atoms. The predicted molar refractivity (Wildman–Crippen MR) is 90.2 cm³/mol. The third-order valence-electron chi connectivity index (χ3n) is 3.41. The van der Waals surface area contributed by atoms with Crippen LogP contribution < -0.4 is 5.32 Å². The molecule has 0 fully saturated rings. The summed E-state index contributed by atoms with van der Waals surface area (Å²) in [5, 5.41) is 16.6. The van der Waals surface area contributed by atoms with Crippen LogP contribution in [0.25, 0.3) is 5.69 Å². The van der Waals surface area contributed by atoms with E-state index in [0.717, 1.165) is 29.2 Å². The summed E-state index contributed by atoms with van der Waals surface area (Å²) in [5.41, 5.74) is 2.23. The molecule has 118 valence electrons. The van der Waals surface area contributed by atoms with Gasteiger partial charge in [-0.15, -0.1) is 10.2 Å². The van der Waals surface area contributed by atoms with Crippen molar-refractivity contribution in [2.75, 3.05) is 5.32 Å². The largest absolute Gasteiger partial charge is 0.296 e. The van der Waals surface area contributed by atoms with E-state index in [1.165, 1.54) is 11.3 Å². The van der Waals surface area contributed by atoms with Gasteiger partial charge in [0.05, 0.1) is 23.1 Å². The highest BCUT2D eigenvalue weighted by atomic mass is 32.1. The van der Waals surface area contributed by atoms with Crippen LogP contribution in [-0.2, 0) is 6.42 Å². The summed E-state index contributed by atoms with van der Waals surface area (Å²) in [4.78, 5) is 12.4. The number of nitrogens with zero attached hydrogens (tertiary/aromatic N) is 4. The van der Waals surface area contributed by atoms with Crippen molar-refractivity contribution >= 4 is 22.4 Å². The van der Waals surface area contributed by atoms with Gasteiger partial charge < -0.3 is 0 Å². The molecule has 0 aliphatic rings. The van der Waals surface area contributed by atoms with E-state index in [-0.39, 0.29) is 5.91 Å². The molecule has 3 rings (SSSR count). The van der Waals surface area contributed by atoms with Gasteiger partial charge in [-0.25, -0.2) is 4.68 Å². The number of benzene rings is 1. The first kappa shape index (κ1) is 15.4. The lowest BCUT2D eigenvalue weighted by atomic mass is 10.2. The Bertz CT molecular complexity index is 809. The highest BCUT2D eigenvalue weighted by molar-refractivity contribution is 7.15. The number of anilines is 1. The quantitative estimate of drug-likeness (QED) is 0.781. The number of rotatable bonds is 5. The van der Waals surface area contributed by atoms with E-state index in [2.05, 4.69) is 27.5 Å². The van der Waals surface area contributed by atoms with Crippen LogP contribution in [0.15, 0.2) is 36.5 Å². The van der Waals surface area contributed by atoms with E-state index in [1.807, 2.05) is 37.3 Å². The molecule has 0 aliphatic heterocycles. The molecule has 1 aromatic carbocycles. The Labute approximate surface area is 138 Å². The molecule has 0 aliphatic carbocycles. The highest BCUT2D eigenvalue weighted by Crippen LogP contribution is 2.19. The van der Waals surface area contributed by atoms with Crippen molar-refractivity contribution in [3.8, 4) is 5.69 Å². The first-order chi connectivity index (χ1) is 11.2. The zero-order valence-electron chi connectivity index (χ0n) is 13.0. The first-order valence-corrected chi connectivity index (χ1v) is 8.24. The molecular weight excluding hydrogens is 310 g/mol. The molecule has 0 saturated heterocycles. The van der Waals surface area contributed by atoms with Gasteiger partial charge in [-0.3, -0.25) is 10.1 Å². The van der Waals surface area contributed by atoms with Crippen molar-refractivity contribution in [3.63, 3.8) is 0 Å². The van der Waals surface area contributed by atoms with Crippen LogP contribution in [0.5, 0.6) is 0 Å². The first-order valence-electron chi connectivity index (χ1n) is 7.43. The number of amides is 1. The summed E-state index contributed by atoms with van der Waals surface area (Å²) in [7, 11) is 0. The number of carbonyl (C=O) groups excluding carboxylic acids is 1. The Morgan fingerprint density at radius 1 is 1.26 bits per heavy atom. The third kappa shape index (κ3) is 3.29. The summed E-state index contributed by atoms with van der Waals surface area (Å²) in [6.45, 7) is 3.96. The van der Waals surface area contributed by atoms with Crippen LogP contribution in [0.3, 0.4) is 0 Å². The molecular formula is C16H17N5OS. The molecule has 1 N–H and O–H groups in total. The molecule has 0 saturated carbocycles. The van der Waals surface area contributed by atoms with Gasteiger partial charge >= 0.3 is 0 Å². The molecule has 0 atom stereocenters. The van der Waals surface area contributed by atoms with Gasteiger partial charge in [-0.1, -0.05) is 36.5 Å².